The normalized spacial score (nSPS) is 10.8. The Kier molecular flexibility index (Phi) is 7.05. The maximum absolute atomic E-state index is 12.8. The predicted octanol–water partition coefficient (Wildman–Crippen LogP) is 5.79. The van der Waals surface area contributed by atoms with Crippen LogP contribution in [0.15, 0.2) is 66.0 Å². The number of esters is 1. The molecule has 0 radical (unpaired) electrons. The Morgan fingerprint density at radius 3 is 2.66 bits per heavy atom. The summed E-state index contributed by atoms with van der Waals surface area (Å²) in [5.74, 6) is -0.961. The number of carbonyl (C=O) groups excluding carboxylic acids is 2. The second kappa shape index (κ2) is 10.1. The number of aromatic nitrogens is 1. The molecule has 0 aliphatic rings. The van der Waals surface area contributed by atoms with Gasteiger partial charge in [-0.25, -0.2) is 9.78 Å². The van der Waals surface area contributed by atoms with Crippen molar-refractivity contribution in [2.45, 2.75) is 6.42 Å². The summed E-state index contributed by atoms with van der Waals surface area (Å²) in [5.41, 5.74) is 2.63. The Morgan fingerprint density at radius 2 is 1.88 bits per heavy atom. The van der Waals surface area contributed by atoms with Crippen LogP contribution in [0.5, 0.6) is 0 Å². The molecule has 1 amide bonds. The second-order valence-corrected chi connectivity index (χ2v) is 8.75. The third kappa shape index (κ3) is 5.27. The lowest BCUT2D eigenvalue weighted by Crippen LogP contribution is -2.30. The minimum Gasteiger partial charge on any atom is -0.452 e. The van der Waals surface area contributed by atoms with Gasteiger partial charge >= 0.3 is 5.97 Å². The zero-order valence-corrected chi connectivity index (χ0v) is 19.1. The van der Waals surface area contributed by atoms with Gasteiger partial charge < -0.3 is 10.1 Å². The fraction of sp³-hybridized carbons (Fsp3) is 0.125. The molecule has 0 unspecified atom stereocenters. The third-order valence-corrected chi connectivity index (χ3v) is 6.26. The van der Waals surface area contributed by atoms with Gasteiger partial charge in [0.1, 0.15) is 0 Å². The summed E-state index contributed by atoms with van der Waals surface area (Å²) in [6.45, 7) is -0.0172. The standard InChI is InChI=1S/C24H18Cl2N2O3S/c25-16-8-7-15(19(26)12-16)9-10-27-23(29)14-31-24(30)18-13-21(22-6-3-11-32-22)28-20-5-2-1-4-17(18)20/h1-8,11-13H,9-10,14H2,(H,27,29). The van der Waals surface area contributed by atoms with E-state index in [1.54, 1.807) is 18.2 Å². The number of para-hydroxylation sites is 1. The van der Waals surface area contributed by atoms with E-state index in [9.17, 15) is 9.59 Å². The molecule has 4 aromatic rings. The van der Waals surface area contributed by atoms with E-state index in [0.717, 1.165) is 10.4 Å². The van der Waals surface area contributed by atoms with E-state index >= 15 is 0 Å². The number of pyridine rings is 1. The lowest BCUT2D eigenvalue weighted by atomic mass is 10.1. The number of ether oxygens (including phenoxy) is 1. The van der Waals surface area contributed by atoms with Gasteiger partial charge in [-0.05, 0) is 47.7 Å². The van der Waals surface area contributed by atoms with E-state index in [-0.39, 0.29) is 12.5 Å². The molecule has 5 nitrogen and oxygen atoms in total. The zero-order valence-electron chi connectivity index (χ0n) is 16.8. The van der Waals surface area contributed by atoms with Gasteiger partial charge in [-0.15, -0.1) is 11.3 Å². The number of rotatable bonds is 7. The van der Waals surface area contributed by atoms with Gasteiger partial charge in [0.25, 0.3) is 5.91 Å². The monoisotopic (exact) mass is 484 g/mol. The number of halogens is 2. The molecule has 162 valence electrons. The van der Waals surface area contributed by atoms with E-state index in [4.69, 9.17) is 27.9 Å². The van der Waals surface area contributed by atoms with Gasteiger partial charge in [0, 0.05) is 22.0 Å². The summed E-state index contributed by atoms with van der Waals surface area (Å²) in [5, 5.41) is 6.46. The van der Waals surface area contributed by atoms with Gasteiger partial charge in [-0.1, -0.05) is 53.5 Å². The topological polar surface area (TPSA) is 68.3 Å². The van der Waals surface area contributed by atoms with Crippen LogP contribution >= 0.6 is 34.5 Å². The molecule has 32 heavy (non-hydrogen) atoms. The van der Waals surface area contributed by atoms with E-state index in [2.05, 4.69) is 10.3 Å². The molecule has 4 rings (SSSR count). The highest BCUT2D eigenvalue weighted by molar-refractivity contribution is 7.13. The largest absolute Gasteiger partial charge is 0.452 e. The Hall–Kier alpha value is -2.93. The number of carbonyl (C=O) groups is 2. The maximum atomic E-state index is 12.8. The van der Waals surface area contributed by atoms with Gasteiger partial charge in [0.05, 0.1) is 21.7 Å². The van der Waals surface area contributed by atoms with Gasteiger partial charge in [0.2, 0.25) is 0 Å². The Balaban J connectivity index is 1.40. The van der Waals surface area contributed by atoms with Crippen molar-refractivity contribution in [3.05, 3.63) is 87.2 Å². The van der Waals surface area contributed by atoms with Crippen molar-refractivity contribution < 1.29 is 14.3 Å². The van der Waals surface area contributed by atoms with Crippen molar-refractivity contribution in [1.29, 1.82) is 0 Å². The summed E-state index contributed by atoms with van der Waals surface area (Å²) < 4.78 is 5.29. The first kappa shape index (κ1) is 22.3. The summed E-state index contributed by atoms with van der Waals surface area (Å²) in [4.78, 5) is 30.6. The Morgan fingerprint density at radius 1 is 1.03 bits per heavy atom. The average molecular weight is 485 g/mol. The van der Waals surface area contributed by atoms with Crippen molar-refractivity contribution in [2.75, 3.05) is 13.2 Å². The van der Waals surface area contributed by atoms with Crippen LogP contribution in [-0.4, -0.2) is 30.0 Å². The first-order valence-electron chi connectivity index (χ1n) is 9.82. The molecule has 0 bridgehead atoms. The number of fused-ring (bicyclic) bond motifs is 1. The first-order valence-corrected chi connectivity index (χ1v) is 11.5. The van der Waals surface area contributed by atoms with Crippen LogP contribution in [0.4, 0.5) is 0 Å². The molecular formula is C24H18Cl2N2O3S. The number of nitrogens with zero attached hydrogens (tertiary/aromatic N) is 1. The number of hydrogen-bond acceptors (Lipinski definition) is 5. The van der Waals surface area contributed by atoms with Crippen LogP contribution in [0.2, 0.25) is 10.0 Å². The highest BCUT2D eigenvalue weighted by Gasteiger charge is 2.17. The van der Waals surface area contributed by atoms with Crippen molar-refractivity contribution >= 4 is 57.3 Å². The molecule has 0 spiro atoms. The molecule has 2 aromatic heterocycles. The first-order chi connectivity index (χ1) is 15.5. The van der Waals surface area contributed by atoms with E-state index < -0.39 is 5.97 Å². The van der Waals surface area contributed by atoms with Crippen LogP contribution in [0.3, 0.4) is 0 Å². The molecular weight excluding hydrogens is 467 g/mol. The highest BCUT2D eigenvalue weighted by atomic mass is 35.5. The van der Waals surface area contributed by atoms with Crippen LogP contribution in [-0.2, 0) is 16.0 Å². The number of nitrogens with one attached hydrogen (secondary N) is 1. The number of thiophene rings is 1. The molecule has 0 aliphatic carbocycles. The maximum Gasteiger partial charge on any atom is 0.339 e. The van der Waals surface area contributed by atoms with Crippen LogP contribution < -0.4 is 5.32 Å². The summed E-state index contributed by atoms with van der Waals surface area (Å²) in [6.07, 6.45) is 0.537. The van der Waals surface area contributed by atoms with Crippen molar-refractivity contribution in [3.8, 4) is 10.6 Å². The van der Waals surface area contributed by atoms with E-state index in [1.807, 2.05) is 47.8 Å². The van der Waals surface area contributed by atoms with E-state index in [0.29, 0.717) is 45.2 Å². The molecule has 2 heterocycles. The molecule has 0 atom stereocenters. The lowest BCUT2D eigenvalue weighted by molar-refractivity contribution is -0.124. The summed E-state index contributed by atoms with van der Waals surface area (Å²) in [6, 6.07) is 18.1. The molecule has 8 heteroatoms. The fourth-order valence-electron chi connectivity index (χ4n) is 3.22. The fourth-order valence-corrected chi connectivity index (χ4v) is 4.40. The molecule has 1 N–H and O–H groups in total. The number of benzene rings is 2. The minimum atomic E-state index is -0.572. The van der Waals surface area contributed by atoms with Gasteiger partial charge in [-0.3, -0.25) is 4.79 Å². The quantitative estimate of drug-likeness (QED) is 0.337. The lowest BCUT2D eigenvalue weighted by Gasteiger charge is -2.10. The second-order valence-electron chi connectivity index (χ2n) is 6.96. The van der Waals surface area contributed by atoms with Crippen molar-refractivity contribution in [2.24, 2.45) is 0 Å². The van der Waals surface area contributed by atoms with E-state index in [1.165, 1.54) is 11.3 Å². The van der Waals surface area contributed by atoms with Crippen LogP contribution in [0, 0.1) is 0 Å². The molecule has 0 saturated heterocycles. The number of hydrogen-bond donors (Lipinski definition) is 1. The summed E-state index contributed by atoms with van der Waals surface area (Å²) in [7, 11) is 0. The molecule has 0 aliphatic heterocycles. The van der Waals surface area contributed by atoms with Gasteiger partial charge in [0.15, 0.2) is 6.61 Å². The van der Waals surface area contributed by atoms with Crippen LogP contribution in [0.1, 0.15) is 15.9 Å². The smallest absolute Gasteiger partial charge is 0.339 e. The zero-order chi connectivity index (χ0) is 22.5. The Labute approximate surface area is 199 Å². The number of amides is 1. The minimum absolute atomic E-state index is 0.360. The SMILES string of the molecule is O=C(COC(=O)c1cc(-c2cccs2)nc2ccccc12)NCCc1ccc(Cl)cc1Cl. The molecule has 0 saturated carbocycles. The van der Waals surface area contributed by atoms with Crippen molar-refractivity contribution in [3.63, 3.8) is 0 Å². The highest BCUT2D eigenvalue weighted by Crippen LogP contribution is 2.28. The molecule has 2 aromatic carbocycles. The Bertz CT molecular complexity index is 1280. The van der Waals surface area contributed by atoms with Crippen molar-refractivity contribution in [1.82, 2.24) is 10.3 Å². The third-order valence-electron chi connectivity index (χ3n) is 4.78. The summed E-state index contributed by atoms with van der Waals surface area (Å²) >= 11 is 13.6. The van der Waals surface area contributed by atoms with Crippen LogP contribution in [0.25, 0.3) is 21.5 Å². The molecule has 0 fully saturated rings. The average Bonchev–Trinajstić information content (AvgIpc) is 3.33. The predicted molar refractivity (Wildman–Crippen MR) is 129 cm³/mol. The van der Waals surface area contributed by atoms with Gasteiger partial charge in [-0.2, -0.15) is 0 Å².